The van der Waals surface area contributed by atoms with Crippen LogP contribution in [0.5, 0.6) is 0 Å². The molecule has 1 aromatic carbocycles. The Morgan fingerprint density at radius 2 is 2.17 bits per heavy atom. The number of likely N-dealkylation sites (tertiary alicyclic amines) is 1. The van der Waals surface area contributed by atoms with Gasteiger partial charge in [0.1, 0.15) is 0 Å². The highest BCUT2D eigenvalue weighted by Gasteiger charge is 2.25. The highest BCUT2D eigenvalue weighted by atomic mass is 35.5. The molecule has 0 saturated carbocycles. The molecule has 1 atom stereocenters. The molecule has 0 radical (unpaired) electrons. The smallest absolute Gasteiger partial charge is 0.222 e. The van der Waals surface area contributed by atoms with Gasteiger partial charge < -0.3 is 15.5 Å². The van der Waals surface area contributed by atoms with Crippen molar-refractivity contribution in [3.8, 4) is 0 Å². The third-order valence-electron chi connectivity index (χ3n) is 3.88. The van der Waals surface area contributed by atoms with Crippen LogP contribution in [0.4, 0.5) is 0 Å². The Hall–Kier alpha value is -1.40. The molecule has 1 heterocycles. The van der Waals surface area contributed by atoms with Crippen molar-refractivity contribution in [1.82, 2.24) is 15.5 Å². The van der Waals surface area contributed by atoms with Crippen LogP contribution >= 0.6 is 23.4 Å². The molecule has 0 aliphatic carbocycles. The van der Waals surface area contributed by atoms with E-state index in [-0.39, 0.29) is 11.9 Å². The van der Waals surface area contributed by atoms with Crippen molar-refractivity contribution in [2.24, 2.45) is 4.99 Å². The van der Waals surface area contributed by atoms with Gasteiger partial charge in [-0.3, -0.25) is 9.79 Å². The van der Waals surface area contributed by atoms with Crippen molar-refractivity contribution in [2.45, 2.75) is 30.7 Å². The summed E-state index contributed by atoms with van der Waals surface area (Å²) in [6.45, 7) is 4.31. The van der Waals surface area contributed by atoms with Crippen LogP contribution in [0.25, 0.3) is 0 Å². The number of rotatable bonds is 6. The summed E-state index contributed by atoms with van der Waals surface area (Å²) in [4.78, 5) is 19.1. The minimum Gasteiger partial charge on any atom is -0.356 e. The third kappa shape index (κ3) is 5.91. The molecule has 24 heavy (non-hydrogen) atoms. The molecule has 1 aliphatic rings. The van der Waals surface area contributed by atoms with Gasteiger partial charge in [-0.1, -0.05) is 18.5 Å². The number of hydrogen-bond donors (Lipinski definition) is 2. The van der Waals surface area contributed by atoms with Crippen molar-refractivity contribution in [2.75, 3.05) is 32.4 Å². The fourth-order valence-electron chi connectivity index (χ4n) is 2.59. The molecule has 0 aromatic heterocycles. The van der Waals surface area contributed by atoms with E-state index in [9.17, 15) is 4.79 Å². The van der Waals surface area contributed by atoms with Crippen molar-refractivity contribution >= 4 is 35.2 Å². The number of guanidine groups is 1. The summed E-state index contributed by atoms with van der Waals surface area (Å²) < 4.78 is 0. The second-order valence-electron chi connectivity index (χ2n) is 5.62. The fraction of sp³-hybridized carbons (Fsp3) is 0.529. The third-order valence-corrected chi connectivity index (χ3v) is 5.15. The van der Waals surface area contributed by atoms with E-state index < -0.39 is 0 Å². The molecule has 7 heteroatoms. The zero-order valence-corrected chi connectivity index (χ0v) is 15.8. The van der Waals surface area contributed by atoms with E-state index in [0.717, 1.165) is 42.8 Å². The summed E-state index contributed by atoms with van der Waals surface area (Å²) >= 11 is 7.66. The number of benzene rings is 1. The number of carbonyl (C=O) groups is 1. The Labute approximate surface area is 153 Å². The standard InChI is InChI=1S/C17H25ClN4OS/c1-3-16(23)22-10-8-14(12-22)21-17(19-2)20-9-11-24-15-6-4-13(18)5-7-15/h4-7,14H,3,8-12H2,1-2H3,(H2,19,20,21). The molecular formula is C17H25ClN4OS. The maximum atomic E-state index is 11.7. The van der Waals surface area contributed by atoms with E-state index in [1.54, 1.807) is 18.8 Å². The van der Waals surface area contributed by atoms with Gasteiger partial charge in [0.15, 0.2) is 5.96 Å². The molecule has 1 unspecified atom stereocenters. The van der Waals surface area contributed by atoms with Gasteiger partial charge in [-0.2, -0.15) is 0 Å². The number of nitrogens with one attached hydrogen (secondary N) is 2. The second-order valence-corrected chi connectivity index (χ2v) is 7.23. The number of aliphatic imine (C=N–C) groups is 1. The van der Waals surface area contributed by atoms with Crippen LogP contribution in [0.15, 0.2) is 34.2 Å². The van der Waals surface area contributed by atoms with Gasteiger partial charge >= 0.3 is 0 Å². The Kier molecular flexibility index (Phi) is 7.72. The van der Waals surface area contributed by atoms with Crippen LogP contribution in [0.3, 0.4) is 0 Å². The Morgan fingerprint density at radius 3 is 2.83 bits per heavy atom. The lowest BCUT2D eigenvalue weighted by Crippen LogP contribution is -2.45. The molecule has 1 saturated heterocycles. The molecule has 0 bridgehead atoms. The van der Waals surface area contributed by atoms with E-state index in [2.05, 4.69) is 15.6 Å². The van der Waals surface area contributed by atoms with Crippen LogP contribution in [-0.4, -0.2) is 55.2 Å². The highest BCUT2D eigenvalue weighted by molar-refractivity contribution is 7.99. The SMILES string of the molecule is CCC(=O)N1CCC(NC(=NC)NCCSc2ccc(Cl)cc2)C1. The quantitative estimate of drug-likeness (QED) is 0.351. The first-order chi connectivity index (χ1) is 11.6. The van der Waals surface area contributed by atoms with Gasteiger partial charge in [-0.05, 0) is 30.7 Å². The Morgan fingerprint density at radius 1 is 1.42 bits per heavy atom. The predicted octanol–water partition coefficient (Wildman–Crippen LogP) is 2.61. The molecule has 5 nitrogen and oxygen atoms in total. The van der Waals surface area contributed by atoms with Crippen LogP contribution in [-0.2, 0) is 4.79 Å². The minimum absolute atomic E-state index is 0.224. The zero-order valence-electron chi connectivity index (χ0n) is 14.2. The van der Waals surface area contributed by atoms with Crippen molar-refractivity contribution in [1.29, 1.82) is 0 Å². The van der Waals surface area contributed by atoms with Gasteiger partial charge in [0, 0.05) is 54.8 Å². The largest absolute Gasteiger partial charge is 0.356 e. The average molecular weight is 369 g/mol. The number of carbonyl (C=O) groups excluding carboxylic acids is 1. The van der Waals surface area contributed by atoms with Gasteiger partial charge in [-0.15, -0.1) is 11.8 Å². The number of nitrogens with zero attached hydrogens (tertiary/aromatic N) is 2. The lowest BCUT2D eigenvalue weighted by Gasteiger charge is -2.18. The number of hydrogen-bond acceptors (Lipinski definition) is 3. The molecular weight excluding hydrogens is 344 g/mol. The van der Waals surface area contributed by atoms with Crippen molar-refractivity contribution in [3.05, 3.63) is 29.3 Å². The van der Waals surface area contributed by atoms with E-state index in [0.29, 0.717) is 6.42 Å². The predicted molar refractivity (Wildman–Crippen MR) is 102 cm³/mol. The number of halogens is 1. The first-order valence-corrected chi connectivity index (χ1v) is 9.62. The summed E-state index contributed by atoms with van der Waals surface area (Å²) in [6.07, 6.45) is 1.54. The first-order valence-electron chi connectivity index (χ1n) is 8.25. The fourth-order valence-corrected chi connectivity index (χ4v) is 3.48. The topological polar surface area (TPSA) is 56.7 Å². The van der Waals surface area contributed by atoms with E-state index >= 15 is 0 Å². The summed E-state index contributed by atoms with van der Waals surface area (Å²) in [6, 6.07) is 8.13. The normalized spacial score (nSPS) is 17.9. The molecule has 0 spiro atoms. The van der Waals surface area contributed by atoms with Crippen LogP contribution in [0.1, 0.15) is 19.8 Å². The maximum Gasteiger partial charge on any atom is 0.222 e. The molecule has 1 fully saturated rings. The van der Waals surface area contributed by atoms with Gasteiger partial charge in [-0.25, -0.2) is 0 Å². The van der Waals surface area contributed by atoms with Crippen LogP contribution in [0.2, 0.25) is 5.02 Å². The summed E-state index contributed by atoms with van der Waals surface area (Å²) in [5.74, 6) is 1.96. The lowest BCUT2D eigenvalue weighted by molar-refractivity contribution is -0.129. The molecule has 1 amide bonds. The summed E-state index contributed by atoms with van der Waals surface area (Å²) in [5.41, 5.74) is 0. The molecule has 132 valence electrons. The lowest BCUT2D eigenvalue weighted by atomic mass is 10.3. The molecule has 2 N–H and O–H groups in total. The molecule has 1 aliphatic heterocycles. The minimum atomic E-state index is 0.224. The van der Waals surface area contributed by atoms with Gasteiger partial charge in [0.25, 0.3) is 0 Å². The average Bonchev–Trinajstić information content (AvgIpc) is 3.07. The molecule has 2 rings (SSSR count). The Balaban J connectivity index is 1.67. The highest BCUT2D eigenvalue weighted by Crippen LogP contribution is 2.19. The van der Waals surface area contributed by atoms with Gasteiger partial charge in [0.2, 0.25) is 5.91 Å². The first kappa shape index (κ1) is 18.9. The molecule has 1 aromatic rings. The van der Waals surface area contributed by atoms with E-state index in [4.69, 9.17) is 11.6 Å². The monoisotopic (exact) mass is 368 g/mol. The van der Waals surface area contributed by atoms with Gasteiger partial charge in [0.05, 0.1) is 0 Å². The number of amides is 1. The zero-order chi connectivity index (χ0) is 17.4. The Bertz CT molecular complexity index is 564. The van der Waals surface area contributed by atoms with E-state index in [1.165, 1.54) is 4.90 Å². The second kappa shape index (κ2) is 9.79. The van der Waals surface area contributed by atoms with Crippen LogP contribution in [0, 0.1) is 0 Å². The summed E-state index contributed by atoms with van der Waals surface area (Å²) in [7, 11) is 1.77. The van der Waals surface area contributed by atoms with Crippen molar-refractivity contribution < 1.29 is 4.79 Å². The maximum absolute atomic E-state index is 11.7. The van der Waals surface area contributed by atoms with E-state index in [1.807, 2.05) is 36.1 Å². The van der Waals surface area contributed by atoms with Crippen LogP contribution < -0.4 is 10.6 Å². The van der Waals surface area contributed by atoms with Crippen molar-refractivity contribution in [3.63, 3.8) is 0 Å². The number of thioether (sulfide) groups is 1. The summed E-state index contributed by atoms with van der Waals surface area (Å²) in [5, 5.41) is 7.48.